The third-order valence-electron chi connectivity index (χ3n) is 3.46. The van der Waals surface area contributed by atoms with E-state index in [1.807, 2.05) is 13.8 Å². The highest BCUT2D eigenvalue weighted by Crippen LogP contribution is 2.22. The fraction of sp³-hybridized carbons (Fsp3) is 0.786. The van der Waals surface area contributed by atoms with E-state index in [0.717, 1.165) is 25.2 Å². The van der Waals surface area contributed by atoms with Crippen LogP contribution in [0.4, 0.5) is 0 Å². The molecule has 0 saturated heterocycles. The molecule has 1 aromatic heterocycles. The van der Waals surface area contributed by atoms with Gasteiger partial charge in [-0.05, 0) is 46.5 Å². The molecule has 0 aliphatic heterocycles. The van der Waals surface area contributed by atoms with Gasteiger partial charge in [-0.25, -0.2) is 4.98 Å². The van der Waals surface area contributed by atoms with Crippen molar-refractivity contribution in [3.8, 4) is 0 Å². The number of nitrogens with zero attached hydrogens (tertiary/aromatic N) is 2. The van der Waals surface area contributed by atoms with E-state index in [4.69, 9.17) is 9.47 Å². The van der Waals surface area contributed by atoms with Gasteiger partial charge in [-0.2, -0.15) is 0 Å². The Morgan fingerprint density at radius 2 is 1.83 bits per heavy atom. The van der Waals surface area contributed by atoms with E-state index >= 15 is 0 Å². The first-order valence-electron chi connectivity index (χ1n) is 7.04. The van der Waals surface area contributed by atoms with Crippen molar-refractivity contribution < 1.29 is 9.47 Å². The first-order chi connectivity index (χ1) is 8.76. The predicted octanol–water partition coefficient (Wildman–Crippen LogP) is 2.47. The molecule has 0 N–H and O–H groups in total. The average Bonchev–Trinajstić information content (AvgIpc) is 2.67. The molecule has 1 aliphatic rings. The predicted molar refractivity (Wildman–Crippen MR) is 70.6 cm³/mol. The molecular formula is C14H24N2O2. The fourth-order valence-electron chi connectivity index (χ4n) is 2.65. The van der Waals surface area contributed by atoms with Crippen molar-refractivity contribution in [2.45, 2.75) is 59.3 Å². The lowest BCUT2D eigenvalue weighted by atomic mass is 10.0. The van der Waals surface area contributed by atoms with Crippen molar-refractivity contribution in [1.82, 2.24) is 9.55 Å². The van der Waals surface area contributed by atoms with Gasteiger partial charge in [0.05, 0.1) is 12.2 Å². The standard InChI is InChI=1S/C14H24N2O2/c1-4-17-14(18-5-2)10-16-11(3)15-12-8-6-7-9-13(12)16/h14H,4-10H2,1-3H3. The zero-order valence-corrected chi connectivity index (χ0v) is 11.7. The van der Waals surface area contributed by atoms with E-state index in [0.29, 0.717) is 13.2 Å². The molecule has 4 heteroatoms. The number of rotatable bonds is 6. The molecule has 0 atom stereocenters. The average molecular weight is 252 g/mol. The highest BCUT2D eigenvalue weighted by atomic mass is 16.7. The summed E-state index contributed by atoms with van der Waals surface area (Å²) in [7, 11) is 0. The van der Waals surface area contributed by atoms with Crippen LogP contribution in [-0.2, 0) is 28.9 Å². The number of hydrogen-bond donors (Lipinski definition) is 0. The zero-order valence-electron chi connectivity index (χ0n) is 11.7. The second-order valence-corrected chi connectivity index (χ2v) is 4.71. The number of aryl methyl sites for hydroxylation is 2. The van der Waals surface area contributed by atoms with E-state index < -0.39 is 0 Å². The summed E-state index contributed by atoms with van der Waals surface area (Å²) in [5.41, 5.74) is 2.67. The Labute approximate surface area is 109 Å². The minimum atomic E-state index is -0.154. The maximum atomic E-state index is 5.63. The molecule has 0 aromatic carbocycles. The zero-order chi connectivity index (χ0) is 13.0. The summed E-state index contributed by atoms with van der Waals surface area (Å²) in [6, 6.07) is 0. The molecule has 1 aliphatic carbocycles. The molecule has 1 heterocycles. The lowest BCUT2D eigenvalue weighted by Gasteiger charge is -2.21. The SMILES string of the molecule is CCOC(Cn1c(C)nc2c1CCCC2)OCC. The first kappa shape index (κ1) is 13.6. The van der Waals surface area contributed by atoms with E-state index in [1.54, 1.807) is 0 Å². The van der Waals surface area contributed by atoms with Crippen LogP contribution in [0.3, 0.4) is 0 Å². The van der Waals surface area contributed by atoms with Gasteiger partial charge in [-0.1, -0.05) is 0 Å². The number of fused-ring (bicyclic) bond motifs is 1. The van der Waals surface area contributed by atoms with Crippen molar-refractivity contribution in [2.75, 3.05) is 13.2 Å². The Kier molecular flexibility index (Phi) is 4.78. The number of imidazole rings is 1. The Balaban J connectivity index is 2.14. The second kappa shape index (κ2) is 6.34. The Bertz CT molecular complexity index is 381. The van der Waals surface area contributed by atoms with E-state index in [9.17, 15) is 0 Å². The van der Waals surface area contributed by atoms with Crippen molar-refractivity contribution in [1.29, 1.82) is 0 Å². The topological polar surface area (TPSA) is 36.3 Å². The molecule has 4 nitrogen and oxygen atoms in total. The van der Waals surface area contributed by atoms with Crippen LogP contribution in [0, 0.1) is 6.92 Å². The number of ether oxygens (including phenoxy) is 2. The molecule has 0 fully saturated rings. The maximum Gasteiger partial charge on any atom is 0.175 e. The summed E-state index contributed by atoms with van der Waals surface area (Å²) >= 11 is 0. The summed E-state index contributed by atoms with van der Waals surface area (Å²) < 4.78 is 13.5. The van der Waals surface area contributed by atoms with Crippen molar-refractivity contribution in [3.63, 3.8) is 0 Å². The van der Waals surface area contributed by atoms with Gasteiger partial charge < -0.3 is 14.0 Å². The Morgan fingerprint density at radius 3 is 2.50 bits per heavy atom. The molecule has 0 amide bonds. The van der Waals surface area contributed by atoms with Gasteiger partial charge in [-0.3, -0.25) is 0 Å². The van der Waals surface area contributed by atoms with Gasteiger partial charge in [0.2, 0.25) is 0 Å². The summed E-state index contributed by atoms with van der Waals surface area (Å²) in [5, 5.41) is 0. The van der Waals surface area contributed by atoms with E-state index in [1.165, 1.54) is 24.2 Å². The van der Waals surface area contributed by atoms with Gasteiger partial charge in [-0.15, -0.1) is 0 Å². The van der Waals surface area contributed by atoms with Crippen LogP contribution >= 0.6 is 0 Å². The van der Waals surface area contributed by atoms with Crippen LogP contribution < -0.4 is 0 Å². The van der Waals surface area contributed by atoms with E-state index in [2.05, 4.69) is 16.5 Å². The summed E-state index contributed by atoms with van der Waals surface area (Å²) in [6.45, 7) is 8.20. The van der Waals surface area contributed by atoms with Crippen LogP contribution in [0.5, 0.6) is 0 Å². The van der Waals surface area contributed by atoms with Crippen LogP contribution in [0.2, 0.25) is 0 Å². The molecule has 0 bridgehead atoms. The molecule has 1 aromatic rings. The fourth-order valence-corrected chi connectivity index (χ4v) is 2.65. The van der Waals surface area contributed by atoms with Crippen LogP contribution in [-0.4, -0.2) is 29.1 Å². The third-order valence-corrected chi connectivity index (χ3v) is 3.46. The molecule has 18 heavy (non-hydrogen) atoms. The first-order valence-corrected chi connectivity index (χ1v) is 7.04. The lowest BCUT2D eigenvalue weighted by molar-refractivity contribution is -0.144. The van der Waals surface area contributed by atoms with Crippen LogP contribution in [0.15, 0.2) is 0 Å². The van der Waals surface area contributed by atoms with Crippen molar-refractivity contribution >= 4 is 0 Å². The number of aromatic nitrogens is 2. The highest BCUT2D eigenvalue weighted by molar-refractivity contribution is 5.19. The van der Waals surface area contributed by atoms with Gasteiger partial charge in [0, 0.05) is 18.9 Å². The summed E-state index contributed by atoms with van der Waals surface area (Å²) in [5.74, 6) is 1.09. The molecule has 0 radical (unpaired) electrons. The number of hydrogen-bond acceptors (Lipinski definition) is 3. The highest BCUT2D eigenvalue weighted by Gasteiger charge is 2.20. The van der Waals surface area contributed by atoms with Gasteiger partial charge in [0.1, 0.15) is 5.82 Å². The van der Waals surface area contributed by atoms with Crippen molar-refractivity contribution in [3.05, 3.63) is 17.2 Å². The molecule has 0 spiro atoms. The minimum Gasteiger partial charge on any atom is -0.351 e. The Hall–Kier alpha value is -0.870. The molecule has 0 saturated carbocycles. The minimum absolute atomic E-state index is 0.154. The third kappa shape index (κ3) is 2.93. The molecule has 102 valence electrons. The smallest absolute Gasteiger partial charge is 0.175 e. The van der Waals surface area contributed by atoms with Gasteiger partial charge in [0.25, 0.3) is 0 Å². The molecular weight excluding hydrogens is 228 g/mol. The van der Waals surface area contributed by atoms with E-state index in [-0.39, 0.29) is 6.29 Å². The monoisotopic (exact) mass is 252 g/mol. The van der Waals surface area contributed by atoms with Crippen molar-refractivity contribution in [2.24, 2.45) is 0 Å². The molecule has 2 rings (SSSR count). The maximum absolute atomic E-state index is 5.63. The van der Waals surface area contributed by atoms with Crippen LogP contribution in [0.25, 0.3) is 0 Å². The summed E-state index contributed by atoms with van der Waals surface area (Å²) in [4.78, 5) is 4.68. The Morgan fingerprint density at radius 1 is 1.17 bits per heavy atom. The van der Waals surface area contributed by atoms with Gasteiger partial charge in [0.15, 0.2) is 6.29 Å². The summed E-state index contributed by atoms with van der Waals surface area (Å²) in [6.07, 6.45) is 4.65. The quantitative estimate of drug-likeness (QED) is 0.730. The molecule has 0 unspecified atom stereocenters. The lowest BCUT2D eigenvalue weighted by Crippen LogP contribution is -2.25. The second-order valence-electron chi connectivity index (χ2n) is 4.71. The van der Waals surface area contributed by atoms with Gasteiger partial charge >= 0.3 is 0 Å². The van der Waals surface area contributed by atoms with Crippen LogP contribution in [0.1, 0.15) is 43.9 Å². The largest absolute Gasteiger partial charge is 0.351 e. The normalized spacial score (nSPS) is 15.1.